The Balaban J connectivity index is 2.68. The summed E-state index contributed by atoms with van der Waals surface area (Å²) in [6.07, 6.45) is 7.97. The van der Waals surface area contributed by atoms with Crippen molar-refractivity contribution >= 4 is 0 Å². The van der Waals surface area contributed by atoms with Gasteiger partial charge in [-0.1, -0.05) is 25.8 Å². The third-order valence-electron chi connectivity index (χ3n) is 2.29. The number of hydrogen-bond donors (Lipinski definition) is 0. The molecule has 0 aromatic carbocycles. The molecule has 1 rings (SSSR count). The number of rotatable bonds is 6. The van der Waals surface area contributed by atoms with E-state index in [0.717, 1.165) is 18.5 Å². The van der Waals surface area contributed by atoms with Gasteiger partial charge in [-0.2, -0.15) is 10.4 Å². The molecule has 0 saturated carbocycles. The van der Waals surface area contributed by atoms with Gasteiger partial charge in [0, 0.05) is 6.20 Å². The maximum absolute atomic E-state index is 8.93. The largest absolute Gasteiger partial charge is 0.267 e. The van der Waals surface area contributed by atoms with Crippen LogP contribution in [0.5, 0.6) is 0 Å². The molecule has 80 valence electrons. The lowest BCUT2D eigenvalue weighted by molar-refractivity contribution is 0.659. The lowest BCUT2D eigenvalue weighted by Crippen LogP contribution is -1.96. The fraction of sp³-hybridized carbons (Fsp3) is 0.500. The Morgan fingerprint density at radius 2 is 2.40 bits per heavy atom. The lowest BCUT2D eigenvalue weighted by atomic mass is 10.1. The molecule has 3 nitrogen and oxygen atoms in total. The van der Waals surface area contributed by atoms with Gasteiger partial charge in [-0.15, -0.1) is 6.58 Å². The second-order valence-electron chi connectivity index (χ2n) is 3.57. The Morgan fingerprint density at radius 1 is 1.60 bits per heavy atom. The molecular weight excluding hydrogens is 186 g/mol. The molecule has 0 radical (unpaired) electrons. The van der Waals surface area contributed by atoms with Gasteiger partial charge >= 0.3 is 0 Å². The van der Waals surface area contributed by atoms with E-state index >= 15 is 0 Å². The monoisotopic (exact) mass is 203 g/mol. The number of nitrogens with zero attached hydrogens (tertiary/aromatic N) is 3. The smallest absolute Gasteiger partial charge is 0.103 e. The zero-order valence-corrected chi connectivity index (χ0v) is 9.24. The van der Waals surface area contributed by atoms with Crippen LogP contribution in [0.4, 0.5) is 0 Å². The Hall–Kier alpha value is -1.56. The second-order valence-corrected chi connectivity index (χ2v) is 3.57. The molecule has 0 N–H and O–H groups in total. The van der Waals surface area contributed by atoms with E-state index in [1.54, 1.807) is 17.0 Å². The molecule has 3 heteroatoms. The molecule has 0 amide bonds. The minimum absolute atomic E-state index is 0.669. The number of unbranched alkanes of at least 4 members (excludes halogenated alkanes) is 2. The van der Waals surface area contributed by atoms with Crippen molar-refractivity contribution in [3.8, 4) is 6.07 Å². The van der Waals surface area contributed by atoms with Crippen LogP contribution in [-0.4, -0.2) is 9.78 Å². The molecule has 0 aliphatic heterocycles. The molecule has 0 aliphatic carbocycles. The fourth-order valence-corrected chi connectivity index (χ4v) is 1.51. The van der Waals surface area contributed by atoms with Gasteiger partial charge in [-0.3, -0.25) is 4.68 Å². The summed E-state index contributed by atoms with van der Waals surface area (Å²) in [6, 6.07) is 2.18. The van der Waals surface area contributed by atoms with Gasteiger partial charge in [0.1, 0.15) is 6.07 Å². The van der Waals surface area contributed by atoms with Crippen LogP contribution in [0.1, 0.15) is 37.4 Å². The van der Waals surface area contributed by atoms with E-state index in [0.29, 0.717) is 12.1 Å². The molecular formula is C12H17N3. The summed E-state index contributed by atoms with van der Waals surface area (Å²) in [6.45, 7) is 6.49. The third kappa shape index (κ3) is 3.25. The Morgan fingerprint density at radius 3 is 3.00 bits per heavy atom. The number of aromatic nitrogens is 2. The Labute approximate surface area is 91.0 Å². The first-order valence-corrected chi connectivity index (χ1v) is 5.39. The van der Waals surface area contributed by atoms with E-state index in [-0.39, 0.29) is 0 Å². The van der Waals surface area contributed by atoms with Gasteiger partial charge in [-0.25, -0.2) is 0 Å². The summed E-state index contributed by atoms with van der Waals surface area (Å²) >= 11 is 0. The average molecular weight is 203 g/mol. The van der Waals surface area contributed by atoms with Crippen LogP contribution in [0.25, 0.3) is 0 Å². The molecule has 0 unspecified atom stereocenters. The van der Waals surface area contributed by atoms with Crippen molar-refractivity contribution in [1.29, 1.82) is 5.26 Å². The van der Waals surface area contributed by atoms with Gasteiger partial charge in [-0.05, 0) is 12.8 Å². The minimum atomic E-state index is 0.669. The fourth-order valence-electron chi connectivity index (χ4n) is 1.51. The maximum Gasteiger partial charge on any atom is 0.103 e. The van der Waals surface area contributed by atoms with Crippen molar-refractivity contribution < 1.29 is 0 Å². The zero-order chi connectivity index (χ0) is 11.1. The van der Waals surface area contributed by atoms with E-state index in [4.69, 9.17) is 5.26 Å². The molecule has 1 heterocycles. The number of nitriles is 1. The first kappa shape index (κ1) is 11.5. The highest BCUT2D eigenvalue weighted by Crippen LogP contribution is 2.10. The van der Waals surface area contributed by atoms with Gasteiger partial charge in [0.2, 0.25) is 0 Å². The van der Waals surface area contributed by atoms with E-state index in [2.05, 4.69) is 24.7 Å². The lowest BCUT2D eigenvalue weighted by Gasteiger charge is -1.96. The summed E-state index contributed by atoms with van der Waals surface area (Å²) in [5, 5.41) is 13.3. The molecule has 1 aromatic heterocycles. The van der Waals surface area contributed by atoms with E-state index < -0.39 is 0 Å². The van der Waals surface area contributed by atoms with E-state index in [1.807, 2.05) is 0 Å². The van der Waals surface area contributed by atoms with Crippen LogP contribution in [0.3, 0.4) is 0 Å². The number of hydrogen-bond acceptors (Lipinski definition) is 2. The van der Waals surface area contributed by atoms with Gasteiger partial charge in [0.05, 0.1) is 17.8 Å². The van der Waals surface area contributed by atoms with Crippen LogP contribution >= 0.6 is 0 Å². The van der Waals surface area contributed by atoms with Crippen molar-refractivity contribution in [2.75, 3.05) is 0 Å². The summed E-state index contributed by atoms with van der Waals surface area (Å²) in [4.78, 5) is 0. The molecule has 15 heavy (non-hydrogen) atoms. The predicted octanol–water partition coefficient (Wildman–Crippen LogP) is 2.67. The van der Waals surface area contributed by atoms with Crippen LogP contribution < -0.4 is 0 Å². The summed E-state index contributed by atoms with van der Waals surface area (Å²) in [5.41, 5.74) is 1.63. The summed E-state index contributed by atoms with van der Waals surface area (Å²) in [7, 11) is 0. The molecule has 0 atom stereocenters. The Kier molecular flexibility index (Phi) is 4.62. The highest BCUT2D eigenvalue weighted by molar-refractivity contribution is 5.31. The Bertz CT molecular complexity index is 357. The van der Waals surface area contributed by atoms with Gasteiger partial charge in [0.15, 0.2) is 0 Å². The molecule has 0 saturated heterocycles. The van der Waals surface area contributed by atoms with Crippen molar-refractivity contribution in [3.05, 3.63) is 30.1 Å². The van der Waals surface area contributed by atoms with Gasteiger partial charge < -0.3 is 0 Å². The van der Waals surface area contributed by atoms with Gasteiger partial charge in [0.25, 0.3) is 0 Å². The normalized spacial score (nSPS) is 9.87. The highest BCUT2D eigenvalue weighted by Gasteiger charge is 2.06. The molecule has 0 aliphatic rings. The van der Waals surface area contributed by atoms with Crippen LogP contribution in [-0.2, 0) is 13.0 Å². The SMILES string of the molecule is C=CCn1cc(C#N)c(CCCCC)n1. The van der Waals surface area contributed by atoms with E-state index in [9.17, 15) is 0 Å². The molecule has 1 aromatic rings. The summed E-state index contributed by atoms with van der Waals surface area (Å²) in [5.74, 6) is 0. The number of allylic oxidation sites excluding steroid dienone is 1. The topological polar surface area (TPSA) is 41.6 Å². The van der Waals surface area contributed by atoms with Crippen molar-refractivity contribution in [2.45, 2.75) is 39.2 Å². The van der Waals surface area contributed by atoms with Crippen molar-refractivity contribution in [2.24, 2.45) is 0 Å². The van der Waals surface area contributed by atoms with Crippen LogP contribution in [0.15, 0.2) is 18.9 Å². The predicted molar refractivity (Wildman–Crippen MR) is 60.4 cm³/mol. The maximum atomic E-state index is 8.93. The average Bonchev–Trinajstić information content (AvgIpc) is 2.62. The van der Waals surface area contributed by atoms with Crippen molar-refractivity contribution in [1.82, 2.24) is 9.78 Å². The number of aryl methyl sites for hydroxylation is 1. The van der Waals surface area contributed by atoms with Crippen LogP contribution in [0, 0.1) is 11.3 Å². The second kappa shape index (κ2) is 6.02. The zero-order valence-electron chi connectivity index (χ0n) is 9.24. The van der Waals surface area contributed by atoms with Crippen molar-refractivity contribution in [3.63, 3.8) is 0 Å². The third-order valence-corrected chi connectivity index (χ3v) is 2.29. The highest BCUT2D eigenvalue weighted by atomic mass is 15.3. The van der Waals surface area contributed by atoms with E-state index in [1.165, 1.54) is 12.8 Å². The quantitative estimate of drug-likeness (QED) is 0.527. The minimum Gasteiger partial charge on any atom is -0.267 e. The molecule has 0 fully saturated rings. The first-order valence-electron chi connectivity index (χ1n) is 5.39. The molecule has 0 bridgehead atoms. The van der Waals surface area contributed by atoms with Crippen LogP contribution in [0.2, 0.25) is 0 Å². The standard InChI is InChI=1S/C12H17N3/c1-3-5-6-7-12-11(9-13)10-15(14-12)8-4-2/h4,10H,2-3,5-8H2,1H3. The summed E-state index contributed by atoms with van der Waals surface area (Å²) < 4.78 is 1.77. The first-order chi connectivity index (χ1) is 7.31. The molecule has 0 spiro atoms.